The zero-order valence-corrected chi connectivity index (χ0v) is 18.1. The molecular formula is C19H24N6O5S. The zero-order valence-electron chi connectivity index (χ0n) is 17.3. The number of benzene rings is 1. The molecule has 0 spiro atoms. The van der Waals surface area contributed by atoms with Gasteiger partial charge in [-0.3, -0.25) is 9.78 Å². The Morgan fingerprint density at radius 3 is 2.58 bits per heavy atom. The number of hydrogen-bond acceptors (Lipinski definition) is 8. The fourth-order valence-corrected chi connectivity index (χ4v) is 3.92. The summed E-state index contributed by atoms with van der Waals surface area (Å²) in [5.41, 5.74) is 1.78. The van der Waals surface area contributed by atoms with Gasteiger partial charge in [-0.2, -0.15) is 18.4 Å². The average molecular weight is 449 g/mol. The Morgan fingerprint density at radius 1 is 1.23 bits per heavy atom. The molecule has 2 heterocycles. The van der Waals surface area contributed by atoms with Crippen LogP contribution < -0.4 is 24.2 Å². The summed E-state index contributed by atoms with van der Waals surface area (Å²) in [7, 11) is -0.861. The summed E-state index contributed by atoms with van der Waals surface area (Å²) in [6.45, 7) is 1.51. The van der Waals surface area contributed by atoms with Crippen molar-refractivity contribution in [2.24, 2.45) is 5.14 Å². The van der Waals surface area contributed by atoms with E-state index >= 15 is 0 Å². The van der Waals surface area contributed by atoms with Crippen LogP contribution in [0.25, 0.3) is 10.9 Å². The third-order valence-corrected chi connectivity index (χ3v) is 5.60. The van der Waals surface area contributed by atoms with Crippen LogP contribution >= 0.6 is 0 Å². The molecule has 0 atom stereocenters. The Morgan fingerprint density at radius 2 is 1.94 bits per heavy atom. The topological polar surface area (TPSA) is 151 Å². The van der Waals surface area contributed by atoms with Gasteiger partial charge >= 0.3 is 0 Å². The van der Waals surface area contributed by atoms with Crippen molar-refractivity contribution >= 4 is 32.7 Å². The zero-order chi connectivity index (χ0) is 22.6. The number of aromatic nitrogens is 1. The SMILES string of the molecule is COc1cc2ncc(C#N)c(N3CCCN(C(=O)CNS(N)(=O)=O)CC3)c2cc1OC. The summed E-state index contributed by atoms with van der Waals surface area (Å²) in [6.07, 6.45) is 2.16. The highest BCUT2D eigenvalue weighted by Gasteiger charge is 2.24. The molecule has 1 aliphatic heterocycles. The van der Waals surface area contributed by atoms with Gasteiger partial charge in [-0.05, 0) is 12.5 Å². The number of nitriles is 1. The van der Waals surface area contributed by atoms with E-state index in [1.165, 1.54) is 13.3 Å². The number of pyridine rings is 1. The number of anilines is 1. The first-order valence-corrected chi connectivity index (χ1v) is 11.1. The highest BCUT2D eigenvalue weighted by Crippen LogP contribution is 2.37. The summed E-state index contributed by atoms with van der Waals surface area (Å²) in [6, 6.07) is 5.74. The van der Waals surface area contributed by atoms with Crippen LogP contribution in [-0.4, -0.2) is 71.2 Å². The van der Waals surface area contributed by atoms with E-state index < -0.39 is 16.8 Å². The Balaban J connectivity index is 1.91. The lowest BCUT2D eigenvalue weighted by atomic mass is 10.1. The maximum absolute atomic E-state index is 12.4. The molecule has 3 N–H and O–H groups in total. The second-order valence-corrected chi connectivity index (χ2v) is 8.32. The van der Waals surface area contributed by atoms with Crippen LogP contribution in [0.3, 0.4) is 0 Å². The minimum atomic E-state index is -3.94. The normalized spacial score (nSPS) is 14.8. The van der Waals surface area contributed by atoms with E-state index in [0.29, 0.717) is 60.9 Å². The number of carbonyl (C=O) groups excluding carboxylic acids is 1. The first-order valence-electron chi connectivity index (χ1n) is 9.52. The highest BCUT2D eigenvalue weighted by atomic mass is 32.2. The van der Waals surface area contributed by atoms with E-state index in [2.05, 4.69) is 11.1 Å². The van der Waals surface area contributed by atoms with Gasteiger partial charge in [0.1, 0.15) is 6.07 Å². The van der Waals surface area contributed by atoms with Crippen LogP contribution in [0.2, 0.25) is 0 Å². The second-order valence-electron chi connectivity index (χ2n) is 6.94. The molecule has 0 unspecified atom stereocenters. The van der Waals surface area contributed by atoms with Crippen LogP contribution in [0.1, 0.15) is 12.0 Å². The molecule has 11 nitrogen and oxygen atoms in total. The number of nitrogens with zero attached hydrogens (tertiary/aromatic N) is 4. The van der Waals surface area contributed by atoms with Crippen molar-refractivity contribution < 1.29 is 22.7 Å². The average Bonchev–Trinajstić information content (AvgIpc) is 3.01. The Hall–Kier alpha value is -3.14. The van der Waals surface area contributed by atoms with E-state index in [-0.39, 0.29) is 5.91 Å². The molecule has 2 aromatic rings. The molecule has 1 amide bonds. The lowest BCUT2D eigenvalue weighted by Crippen LogP contribution is -2.43. The van der Waals surface area contributed by atoms with Crippen molar-refractivity contribution in [1.29, 1.82) is 5.26 Å². The van der Waals surface area contributed by atoms with Gasteiger partial charge in [0.05, 0.1) is 37.5 Å². The van der Waals surface area contributed by atoms with Crippen LogP contribution in [-0.2, 0) is 15.0 Å². The van der Waals surface area contributed by atoms with Gasteiger partial charge in [-0.15, -0.1) is 0 Å². The Labute approximate surface area is 180 Å². The van der Waals surface area contributed by atoms with Gasteiger partial charge in [0, 0.05) is 43.8 Å². The van der Waals surface area contributed by atoms with Crippen LogP contribution in [0, 0.1) is 11.3 Å². The maximum Gasteiger partial charge on any atom is 0.274 e. The molecule has 1 aromatic heterocycles. The van der Waals surface area contributed by atoms with E-state index in [1.807, 2.05) is 9.62 Å². The highest BCUT2D eigenvalue weighted by molar-refractivity contribution is 7.87. The lowest BCUT2D eigenvalue weighted by Gasteiger charge is -2.26. The number of fused-ring (bicyclic) bond motifs is 1. The predicted molar refractivity (Wildman–Crippen MR) is 114 cm³/mol. The molecule has 0 saturated carbocycles. The monoisotopic (exact) mass is 448 g/mol. The first-order chi connectivity index (χ1) is 14.8. The molecule has 1 aromatic carbocycles. The summed E-state index contributed by atoms with van der Waals surface area (Å²) < 4.78 is 34.9. The fraction of sp³-hybridized carbons (Fsp3) is 0.421. The van der Waals surface area contributed by atoms with Gasteiger partial charge in [-0.1, -0.05) is 0 Å². The van der Waals surface area contributed by atoms with Crippen LogP contribution in [0.5, 0.6) is 11.5 Å². The molecule has 31 heavy (non-hydrogen) atoms. The van der Waals surface area contributed by atoms with E-state index in [4.69, 9.17) is 14.6 Å². The molecule has 0 radical (unpaired) electrons. The molecule has 1 fully saturated rings. The number of nitrogens with one attached hydrogen (secondary N) is 1. The summed E-state index contributed by atoms with van der Waals surface area (Å²) >= 11 is 0. The standard InChI is InChI=1S/C19H24N6O5S/c1-29-16-8-14-15(9-17(16)30-2)22-11-13(10-20)19(14)25-5-3-4-24(6-7-25)18(26)12-23-31(21,27)28/h8-9,11,23H,3-7,12H2,1-2H3,(H2,21,27,28). The fourth-order valence-electron chi connectivity index (χ4n) is 3.59. The summed E-state index contributed by atoms with van der Waals surface area (Å²) in [5, 5.41) is 15.3. The predicted octanol–water partition coefficient (Wildman–Crippen LogP) is -0.0445. The van der Waals surface area contributed by atoms with E-state index in [9.17, 15) is 18.5 Å². The number of hydrogen-bond donors (Lipinski definition) is 2. The quantitative estimate of drug-likeness (QED) is 0.624. The third kappa shape index (κ3) is 5.13. The van der Waals surface area contributed by atoms with Crippen molar-refractivity contribution in [2.45, 2.75) is 6.42 Å². The number of ether oxygens (including phenoxy) is 2. The largest absolute Gasteiger partial charge is 0.493 e. The minimum Gasteiger partial charge on any atom is -0.493 e. The molecule has 12 heteroatoms. The van der Waals surface area contributed by atoms with Crippen LogP contribution in [0.4, 0.5) is 5.69 Å². The smallest absolute Gasteiger partial charge is 0.274 e. The van der Waals surface area contributed by atoms with Crippen molar-refractivity contribution in [3.8, 4) is 17.6 Å². The Kier molecular flexibility index (Phi) is 6.79. The van der Waals surface area contributed by atoms with Gasteiger partial charge < -0.3 is 19.3 Å². The number of carbonyl (C=O) groups is 1. The molecule has 1 aliphatic rings. The van der Waals surface area contributed by atoms with Gasteiger partial charge in [0.2, 0.25) is 5.91 Å². The first kappa shape index (κ1) is 22.5. The Bertz CT molecular complexity index is 1130. The lowest BCUT2D eigenvalue weighted by molar-refractivity contribution is -0.129. The number of methoxy groups -OCH3 is 2. The molecule has 3 rings (SSSR count). The maximum atomic E-state index is 12.4. The second kappa shape index (κ2) is 9.34. The molecule has 166 valence electrons. The number of nitrogens with two attached hydrogens (primary N) is 1. The number of amides is 1. The van der Waals surface area contributed by atoms with Crippen molar-refractivity contribution in [1.82, 2.24) is 14.6 Å². The third-order valence-electron chi connectivity index (χ3n) is 5.05. The summed E-state index contributed by atoms with van der Waals surface area (Å²) in [4.78, 5) is 20.4. The van der Waals surface area contributed by atoms with Gasteiger partial charge in [0.15, 0.2) is 11.5 Å². The van der Waals surface area contributed by atoms with Crippen molar-refractivity contribution in [2.75, 3.05) is 51.8 Å². The molecule has 0 bridgehead atoms. The van der Waals surface area contributed by atoms with Gasteiger partial charge in [-0.25, -0.2) is 5.14 Å². The van der Waals surface area contributed by atoms with Crippen molar-refractivity contribution in [3.05, 3.63) is 23.9 Å². The van der Waals surface area contributed by atoms with Gasteiger partial charge in [0.25, 0.3) is 10.2 Å². The van der Waals surface area contributed by atoms with E-state index in [1.54, 1.807) is 24.1 Å². The van der Waals surface area contributed by atoms with Crippen LogP contribution in [0.15, 0.2) is 18.3 Å². The van der Waals surface area contributed by atoms with Crippen molar-refractivity contribution in [3.63, 3.8) is 0 Å². The van der Waals surface area contributed by atoms with E-state index in [0.717, 1.165) is 5.39 Å². The minimum absolute atomic E-state index is 0.359. The molecule has 1 saturated heterocycles. The molecular weight excluding hydrogens is 424 g/mol. The molecule has 0 aliphatic carbocycles. The summed E-state index contributed by atoms with van der Waals surface area (Å²) in [5.74, 6) is 0.698. The number of rotatable bonds is 6.